The average Bonchev–Trinajstić information content (AvgIpc) is 2.82. The van der Waals surface area contributed by atoms with E-state index in [-0.39, 0.29) is 5.82 Å². The van der Waals surface area contributed by atoms with Crippen molar-refractivity contribution in [1.29, 1.82) is 0 Å². The van der Waals surface area contributed by atoms with Crippen molar-refractivity contribution in [2.45, 2.75) is 31.6 Å². The number of oxazole rings is 1. The lowest BCUT2D eigenvalue weighted by atomic mass is 10.1. The van der Waals surface area contributed by atoms with Crippen molar-refractivity contribution in [1.82, 2.24) is 4.98 Å². The minimum absolute atomic E-state index is 0.286. The van der Waals surface area contributed by atoms with E-state index < -0.39 is 0 Å². The number of aromatic nitrogens is 1. The standard InChI is InChI=1S/C12H11BrFNO/c13-9-5-8(14)6-10-11(9)16-12(15-10)7-3-1-2-4-7/h5-7H,1-4H2. The van der Waals surface area contributed by atoms with Crippen molar-refractivity contribution >= 4 is 27.0 Å². The van der Waals surface area contributed by atoms with Crippen LogP contribution in [0.1, 0.15) is 37.5 Å². The first-order valence-corrected chi connectivity index (χ1v) is 6.29. The van der Waals surface area contributed by atoms with Gasteiger partial charge in [-0.3, -0.25) is 0 Å². The topological polar surface area (TPSA) is 26.0 Å². The molecule has 16 heavy (non-hydrogen) atoms. The predicted molar refractivity (Wildman–Crippen MR) is 62.9 cm³/mol. The van der Waals surface area contributed by atoms with E-state index in [9.17, 15) is 4.39 Å². The molecule has 0 atom stereocenters. The first kappa shape index (κ1) is 10.3. The van der Waals surface area contributed by atoms with Crippen LogP contribution in [0.2, 0.25) is 0 Å². The summed E-state index contributed by atoms with van der Waals surface area (Å²) in [5.74, 6) is 0.895. The van der Waals surface area contributed by atoms with E-state index in [0.29, 0.717) is 21.5 Å². The smallest absolute Gasteiger partial charge is 0.198 e. The summed E-state index contributed by atoms with van der Waals surface area (Å²) in [4.78, 5) is 4.38. The van der Waals surface area contributed by atoms with E-state index in [1.54, 1.807) is 0 Å². The van der Waals surface area contributed by atoms with Crippen LogP contribution in [-0.4, -0.2) is 4.98 Å². The molecule has 0 radical (unpaired) electrons. The molecule has 0 N–H and O–H groups in total. The number of hydrogen-bond donors (Lipinski definition) is 0. The molecule has 1 aliphatic rings. The maximum atomic E-state index is 13.2. The zero-order valence-corrected chi connectivity index (χ0v) is 10.3. The fourth-order valence-corrected chi connectivity index (χ4v) is 2.83. The zero-order chi connectivity index (χ0) is 11.1. The number of fused-ring (bicyclic) bond motifs is 1. The molecule has 0 bridgehead atoms. The van der Waals surface area contributed by atoms with E-state index in [4.69, 9.17) is 4.42 Å². The van der Waals surface area contributed by atoms with Gasteiger partial charge in [-0.25, -0.2) is 9.37 Å². The molecular weight excluding hydrogens is 273 g/mol. The van der Waals surface area contributed by atoms with E-state index in [0.717, 1.165) is 18.7 Å². The molecule has 0 saturated heterocycles. The number of halogens is 2. The quantitative estimate of drug-likeness (QED) is 0.776. The lowest BCUT2D eigenvalue weighted by molar-refractivity contribution is 0.473. The third-order valence-corrected chi connectivity index (χ3v) is 3.72. The van der Waals surface area contributed by atoms with Crippen LogP contribution in [0.15, 0.2) is 21.0 Å². The Morgan fingerprint density at radius 1 is 1.31 bits per heavy atom. The highest BCUT2D eigenvalue weighted by Gasteiger charge is 2.23. The normalized spacial score (nSPS) is 17.4. The predicted octanol–water partition coefficient (Wildman–Crippen LogP) is 4.39. The minimum Gasteiger partial charge on any atom is -0.439 e. The summed E-state index contributed by atoms with van der Waals surface area (Å²) in [6.07, 6.45) is 4.73. The maximum Gasteiger partial charge on any atom is 0.198 e. The van der Waals surface area contributed by atoms with Crippen molar-refractivity contribution in [3.63, 3.8) is 0 Å². The third kappa shape index (κ3) is 1.65. The molecule has 3 rings (SSSR count). The van der Waals surface area contributed by atoms with E-state index in [2.05, 4.69) is 20.9 Å². The molecule has 1 fully saturated rings. The maximum absolute atomic E-state index is 13.2. The lowest BCUT2D eigenvalue weighted by Crippen LogP contribution is -1.90. The van der Waals surface area contributed by atoms with Gasteiger partial charge in [0.15, 0.2) is 11.5 Å². The summed E-state index contributed by atoms with van der Waals surface area (Å²) in [5, 5.41) is 0. The highest BCUT2D eigenvalue weighted by Crippen LogP contribution is 2.36. The Kier molecular flexibility index (Phi) is 2.46. The van der Waals surface area contributed by atoms with Crippen LogP contribution >= 0.6 is 15.9 Å². The van der Waals surface area contributed by atoms with Crippen LogP contribution < -0.4 is 0 Å². The number of nitrogens with zero attached hydrogens (tertiary/aromatic N) is 1. The highest BCUT2D eigenvalue weighted by atomic mass is 79.9. The average molecular weight is 284 g/mol. The second kappa shape index (κ2) is 3.84. The summed E-state index contributed by atoms with van der Waals surface area (Å²) < 4.78 is 19.5. The van der Waals surface area contributed by atoms with Crippen molar-refractivity contribution in [3.8, 4) is 0 Å². The second-order valence-corrected chi connectivity index (χ2v) is 5.12. The van der Waals surface area contributed by atoms with E-state index >= 15 is 0 Å². The first-order valence-electron chi connectivity index (χ1n) is 5.49. The summed E-state index contributed by atoms with van der Waals surface area (Å²) in [5.41, 5.74) is 1.26. The minimum atomic E-state index is -0.286. The van der Waals surface area contributed by atoms with Crippen LogP contribution in [0.25, 0.3) is 11.1 Å². The van der Waals surface area contributed by atoms with Gasteiger partial charge in [0.25, 0.3) is 0 Å². The lowest BCUT2D eigenvalue weighted by Gasteiger charge is -2.00. The fraction of sp³-hybridized carbons (Fsp3) is 0.417. The van der Waals surface area contributed by atoms with Gasteiger partial charge in [-0.15, -0.1) is 0 Å². The monoisotopic (exact) mass is 283 g/mol. The molecule has 0 unspecified atom stereocenters. The zero-order valence-electron chi connectivity index (χ0n) is 8.67. The first-order chi connectivity index (χ1) is 7.74. The van der Waals surface area contributed by atoms with Crippen LogP contribution in [0.4, 0.5) is 4.39 Å². The van der Waals surface area contributed by atoms with Gasteiger partial charge >= 0.3 is 0 Å². The highest BCUT2D eigenvalue weighted by molar-refractivity contribution is 9.10. The SMILES string of the molecule is Fc1cc(Br)c2oc(C3CCCC3)nc2c1. The molecule has 1 aromatic heterocycles. The Bertz CT molecular complexity index is 531. The molecular formula is C12H11BrFNO. The molecule has 1 aromatic carbocycles. The largest absolute Gasteiger partial charge is 0.439 e. The van der Waals surface area contributed by atoms with Crippen LogP contribution in [0.5, 0.6) is 0 Å². The molecule has 2 nitrogen and oxygen atoms in total. The van der Waals surface area contributed by atoms with Crippen LogP contribution in [0, 0.1) is 5.82 Å². The molecule has 84 valence electrons. The summed E-state index contributed by atoms with van der Waals surface area (Å²) in [6.45, 7) is 0. The number of hydrogen-bond acceptors (Lipinski definition) is 2. The Hall–Kier alpha value is -0.900. The molecule has 4 heteroatoms. The second-order valence-electron chi connectivity index (χ2n) is 4.27. The Morgan fingerprint density at radius 3 is 2.81 bits per heavy atom. The fourth-order valence-electron chi connectivity index (χ4n) is 2.32. The van der Waals surface area contributed by atoms with Gasteiger partial charge in [-0.2, -0.15) is 0 Å². The summed E-state index contributed by atoms with van der Waals surface area (Å²) in [6, 6.07) is 2.83. The van der Waals surface area contributed by atoms with E-state index in [1.165, 1.54) is 25.0 Å². The van der Waals surface area contributed by atoms with Crippen molar-refractivity contribution in [3.05, 3.63) is 28.3 Å². The van der Waals surface area contributed by atoms with Crippen LogP contribution in [-0.2, 0) is 0 Å². The molecule has 1 saturated carbocycles. The van der Waals surface area contributed by atoms with Gasteiger partial charge in [0, 0.05) is 12.0 Å². The molecule has 2 aromatic rings. The van der Waals surface area contributed by atoms with Crippen molar-refractivity contribution in [2.75, 3.05) is 0 Å². The van der Waals surface area contributed by atoms with Gasteiger partial charge in [-0.1, -0.05) is 12.8 Å². The van der Waals surface area contributed by atoms with Crippen molar-refractivity contribution in [2.24, 2.45) is 0 Å². The number of rotatable bonds is 1. The van der Waals surface area contributed by atoms with Crippen LogP contribution in [0.3, 0.4) is 0 Å². The summed E-state index contributed by atoms with van der Waals surface area (Å²) >= 11 is 3.30. The molecule has 0 amide bonds. The van der Waals surface area contributed by atoms with Gasteiger partial charge < -0.3 is 4.42 Å². The molecule has 1 heterocycles. The van der Waals surface area contributed by atoms with Gasteiger partial charge in [0.1, 0.15) is 11.3 Å². The summed E-state index contributed by atoms with van der Waals surface area (Å²) in [7, 11) is 0. The Labute approximate surface area is 101 Å². The van der Waals surface area contributed by atoms with Gasteiger partial charge in [-0.05, 0) is 34.8 Å². The third-order valence-electron chi connectivity index (χ3n) is 3.13. The molecule has 0 aliphatic heterocycles. The van der Waals surface area contributed by atoms with Gasteiger partial charge in [0.2, 0.25) is 0 Å². The Balaban J connectivity index is 2.11. The number of benzene rings is 1. The molecule has 1 aliphatic carbocycles. The van der Waals surface area contributed by atoms with E-state index in [1.807, 2.05) is 0 Å². The van der Waals surface area contributed by atoms with Gasteiger partial charge in [0.05, 0.1) is 4.47 Å². The molecule has 0 spiro atoms. The van der Waals surface area contributed by atoms with Crippen molar-refractivity contribution < 1.29 is 8.81 Å². The Morgan fingerprint density at radius 2 is 2.06 bits per heavy atom.